The Morgan fingerprint density at radius 2 is 1.65 bits per heavy atom. The number of methoxy groups -OCH3 is 1. The Bertz CT molecular complexity index is 1930. The molecular formula is C38H49N5O5S. The van der Waals surface area contributed by atoms with Crippen LogP contribution in [-0.2, 0) is 21.5 Å². The Balaban J connectivity index is 1.30. The Labute approximate surface area is 289 Å². The highest BCUT2D eigenvalue weighted by molar-refractivity contribution is 7.87. The largest absolute Gasteiger partial charge is 0.497 e. The summed E-state index contributed by atoms with van der Waals surface area (Å²) in [7, 11) is 4.83. The van der Waals surface area contributed by atoms with E-state index in [1.54, 1.807) is 13.2 Å². The molecule has 4 fully saturated rings. The van der Waals surface area contributed by atoms with Gasteiger partial charge in [-0.3, -0.25) is 9.59 Å². The second kappa shape index (κ2) is 11.8. The van der Waals surface area contributed by atoms with Crippen molar-refractivity contribution in [1.82, 2.24) is 23.4 Å². The zero-order chi connectivity index (χ0) is 34.4. The highest BCUT2D eigenvalue weighted by Crippen LogP contribution is 2.67. The molecular weight excluding hydrogens is 639 g/mol. The first-order chi connectivity index (χ1) is 23.4. The number of carbonyl (C=O) groups is 2. The maximum Gasteiger partial charge on any atom is 0.303 e. The molecule has 3 aromatic rings. The minimum atomic E-state index is -3.97. The minimum Gasteiger partial charge on any atom is -0.497 e. The molecule has 8 rings (SSSR count). The van der Waals surface area contributed by atoms with Crippen LogP contribution in [0.3, 0.4) is 0 Å². The van der Waals surface area contributed by atoms with E-state index in [0.29, 0.717) is 18.5 Å². The Morgan fingerprint density at radius 3 is 2.31 bits per heavy atom. The van der Waals surface area contributed by atoms with E-state index >= 15 is 4.79 Å². The summed E-state index contributed by atoms with van der Waals surface area (Å²) < 4.78 is 36.6. The van der Waals surface area contributed by atoms with Gasteiger partial charge in [0.25, 0.3) is 5.91 Å². The number of ether oxygens (including phenoxy) is 1. The molecule has 4 heterocycles. The van der Waals surface area contributed by atoms with Crippen LogP contribution >= 0.6 is 0 Å². The number of aromatic nitrogens is 1. The predicted octanol–water partition coefficient (Wildman–Crippen LogP) is 5.47. The monoisotopic (exact) mass is 687 g/mol. The molecule has 0 spiro atoms. The molecule has 2 saturated heterocycles. The van der Waals surface area contributed by atoms with Crippen LogP contribution in [0, 0.1) is 5.41 Å². The first kappa shape index (κ1) is 32.8. The van der Waals surface area contributed by atoms with Gasteiger partial charge in [-0.15, -0.1) is 0 Å². The zero-order valence-corrected chi connectivity index (χ0v) is 30.2. The summed E-state index contributed by atoms with van der Waals surface area (Å²) in [6.07, 6.45) is 10.7. The van der Waals surface area contributed by atoms with Crippen molar-refractivity contribution < 1.29 is 22.7 Å². The van der Waals surface area contributed by atoms with Crippen molar-refractivity contribution in [3.8, 4) is 17.0 Å². The van der Waals surface area contributed by atoms with Gasteiger partial charge >= 0.3 is 10.2 Å². The van der Waals surface area contributed by atoms with Crippen LogP contribution in [0.5, 0.6) is 5.75 Å². The van der Waals surface area contributed by atoms with Crippen molar-refractivity contribution in [3.05, 3.63) is 53.1 Å². The molecule has 49 heavy (non-hydrogen) atoms. The Hall–Kier alpha value is -3.41. The van der Waals surface area contributed by atoms with Gasteiger partial charge in [-0.25, -0.2) is 4.72 Å². The quantitative estimate of drug-likeness (QED) is 0.354. The highest BCUT2D eigenvalue weighted by Gasteiger charge is 2.65. The van der Waals surface area contributed by atoms with Crippen molar-refractivity contribution in [2.75, 3.05) is 35.3 Å². The summed E-state index contributed by atoms with van der Waals surface area (Å²) in [5, 5.41) is 1.09. The lowest BCUT2D eigenvalue weighted by Gasteiger charge is -2.43. The Morgan fingerprint density at radius 1 is 0.939 bits per heavy atom. The van der Waals surface area contributed by atoms with Gasteiger partial charge in [-0.2, -0.15) is 12.7 Å². The molecule has 1 N–H and O–H groups in total. The van der Waals surface area contributed by atoms with Gasteiger partial charge < -0.3 is 19.1 Å². The number of rotatable bonds is 7. The van der Waals surface area contributed by atoms with Crippen LogP contribution in [0.2, 0.25) is 0 Å². The van der Waals surface area contributed by atoms with Crippen LogP contribution in [0.15, 0.2) is 36.4 Å². The van der Waals surface area contributed by atoms with Gasteiger partial charge in [0.2, 0.25) is 5.91 Å². The van der Waals surface area contributed by atoms with Gasteiger partial charge in [-0.1, -0.05) is 25.3 Å². The maximum atomic E-state index is 15.2. The molecule has 2 aromatic carbocycles. The third-order valence-corrected chi connectivity index (χ3v) is 14.0. The number of carbonyl (C=O) groups excluding carboxylic acids is 2. The van der Waals surface area contributed by atoms with Crippen LogP contribution in [0.1, 0.15) is 97.5 Å². The van der Waals surface area contributed by atoms with Gasteiger partial charge in [-0.05, 0) is 106 Å². The molecule has 2 bridgehead atoms. The highest BCUT2D eigenvalue weighted by atomic mass is 32.2. The SMILES string of the molecule is COc1ccc2c(c1)C1CC1(C(=O)N1C3CCC1CC(N(C)C)C3)Cn1c-2c(C2CCCCC2)c2ccc(C(=O)NS(=O)(=O)N(C)C)cc21. The van der Waals surface area contributed by atoms with E-state index in [1.165, 1.54) is 44.5 Å². The van der Waals surface area contributed by atoms with Crippen molar-refractivity contribution >= 4 is 32.9 Å². The molecule has 2 aliphatic carbocycles. The van der Waals surface area contributed by atoms with Crippen LogP contribution in [-0.4, -0.2) is 92.3 Å². The lowest BCUT2D eigenvalue weighted by molar-refractivity contribution is -0.143. The van der Waals surface area contributed by atoms with Crippen molar-refractivity contribution in [2.45, 2.75) is 101 Å². The average molecular weight is 688 g/mol. The number of amides is 2. The molecule has 5 aliphatic rings. The molecule has 11 heteroatoms. The van der Waals surface area contributed by atoms with Crippen LogP contribution in [0.4, 0.5) is 0 Å². The molecule has 262 valence electrons. The molecule has 2 amide bonds. The number of hydrogen-bond acceptors (Lipinski definition) is 6. The standard InChI is InChI=1S/C38H49N5O5S/c1-40(2)27-18-25-12-13-26(19-27)43(25)37(45)38-21-32(38)31-20-28(48-5)14-16-29(31)35-34(23-9-7-6-8-10-23)30-15-11-24(17-33(30)42(35)22-38)36(44)39-49(46,47)41(3)4/h11,14-17,20,23,25-27,32H,6-10,12-13,18-19,21-22H2,1-5H3,(H,39,44). The number of piperidine rings is 1. The molecule has 2 saturated carbocycles. The van der Waals surface area contributed by atoms with Gasteiger partial charge in [0.15, 0.2) is 0 Å². The Kier molecular flexibility index (Phi) is 7.92. The van der Waals surface area contributed by atoms with E-state index in [0.717, 1.165) is 77.2 Å². The van der Waals surface area contributed by atoms with Crippen LogP contribution < -0.4 is 9.46 Å². The predicted molar refractivity (Wildman–Crippen MR) is 190 cm³/mol. The number of nitrogens with zero attached hydrogens (tertiary/aromatic N) is 4. The summed E-state index contributed by atoms with van der Waals surface area (Å²) in [6, 6.07) is 13.0. The fourth-order valence-corrected chi connectivity index (χ4v) is 10.4. The lowest BCUT2D eigenvalue weighted by atomic mass is 9.81. The molecule has 0 radical (unpaired) electrons. The normalized spacial score (nSPS) is 27.9. The van der Waals surface area contributed by atoms with E-state index < -0.39 is 21.5 Å². The number of benzene rings is 2. The van der Waals surface area contributed by atoms with Gasteiger partial charge in [0.05, 0.1) is 18.2 Å². The van der Waals surface area contributed by atoms with Crippen molar-refractivity contribution in [3.63, 3.8) is 0 Å². The van der Waals surface area contributed by atoms with Crippen molar-refractivity contribution in [1.29, 1.82) is 0 Å². The number of fused-ring (bicyclic) bond motifs is 9. The summed E-state index contributed by atoms with van der Waals surface area (Å²) in [4.78, 5) is 33.2. The first-order valence-electron chi connectivity index (χ1n) is 18.0. The summed E-state index contributed by atoms with van der Waals surface area (Å²) >= 11 is 0. The van der Waals surface area contributed by atoms with Gasteiger partial charge in [0, 0.05) is 66.7 Å². The molecule has 10 nitrogen and oxygen atoms in total. The number of nitrogens with one attached hydrogen (secondary N) is 1. The topological polar surface area (TPSA) is 104 Å². The third kappa shape index (κ3) is 5.21. The molecule has 1 aromatic heterocycles. The van der Waals surface area contributed by atoms with Crippen LogP contribution in [0.25, 0.3) is 22.2 Å². The zero-order valence-electron chi connectivity index (χ0n) is 29.4. The molecule has 4 unspecified atom stereocenters. The van der Waals surface area contributed by atoms with Crippen molar-refractivity contribution in [2.24, 2.45) is 5.41 Å². The smallest absolute Gasteiger partial charge is 0.303 e. The van der Waals surface area contributed by atoms with Gasteiger partial charge in [0.1, 0.15) is 5.75 Å². The first-order valence-corrected chi connectivity index (χ1v) is 19.5. The van der Waals surface area contributed by atoms with E-state index in [4.69, 9.17) is 4.74 Å². The molecule has 3 aliphatic heterocycles. The second-order valence-corrected chi connectivity index (χ2v) is 17.6. The fraction of sp³-hybridized carbons (Fsp3) is 0.579. The van der Waals surface area contributed by atoms with E-state index in [9.17, 15) is 13.2 Å². The third-order valence-electron chi connectivity index (χ3n) is 12.6. The van der Waals surface area contributed by atoms with E-state index in [1.807, 2.05) is 18.2 Å². The second-order valence-electron chi connectivity index (χ2n) is 15.7. The average Bonchev–Trinajstić information content (AvgIpc) is 3.68. The minimum absolute atomic E-state index is 0.0712. The lowest BCUT2D eigenvalue weighted by Crippen LogP contribution is -2.53. The maximum absolute atomic E-state index is 15.2. The summed E-state index contributed by atoms with van der Waals surface area (Å²) in [5.41, 5.74) is 5.34. The van der Waals surface area contributed by atoms with E-state index in [2.05, 4.69) is 45.3 Å². The summed E-state index contributed by atoms with van der Waals surface area (Å²) in [5.74, 6) is 0.833. The fourth-order valence-electron chi connectivity index (χ4n) is 9.85. The van der Waals surface area contributed by atoms with E-state index in [-0.39, 0.29) is 29.5 Å². The summed E-state index contributed by atoms with van der Waals surface area (Å²) in [6.45, 7) is 0.528. The molecule has 4 atom stereocenters. The number of hydrogen-bond donors (Lipinski definition) is 1.